The number of alkyl halides is 3. The van der Waals surface area contributed by atoms with E-state index in [0.29, 0.717) is 5.69 Å². The van der Waals surface area contributed by atoms with Crippen LogP contribution in [0, 0.1) is 19.8 Å². The van der Waals surface area contributed by atoms with E-state index >= 15 is 0 Å². The van der Waals surface area contributed by atoms with Crippen LogP contribution in [0.1, 0.15) is 41.2 Å². The van der Waals surface area contributed by atoms with Crippen molar-refractivity contribution in [2.45, 2.75) is 39.9 Å². The van der Waals surface area contributed by atoms with Crippen molar-refractivity contribution in [1.82, 2.24) is 4.57 Å². The first-order valence-corrected chi connectivity index (χ1v) is 8.36. The fourth-order valence-corrected chi connectivity index (χ4v) is 2.54. The first-order chi connectivity index (χ1) is 12.8. The van der Waals surface area contributed by atoms with Gasteiger partial charge < -0.3 is 20.5 Å². The molecule has 6 nitrogen and oxygen atoms in total. The van der Waals surface area contributed by atoms with Gasteiger partial charge in [0.15, 0.2) is 0 Å². The highest BCUT2D eigenvalue weighted by molar-refractivity contribution is 5.89. The Labute approximate surface area is 160 Å². The smallest absolute Gasteiger partial charge is 0.418 e. The molecule has 9 heteroatoms. The first kappa shape index (κ1) is 23.2. The van der Waals surface area contributed by atoms with Crippen LogP contribution in [0.4, 0.5) is 13.2 Å². The van der Waals surface area contributed by atoms with Gasteiger partial charge in [0.25, 0.3) is 0 Å². The van der Waals surface area contributed by atoms with Gasteiger partial charge in [-0.25, -0.2) is 4.79 Å². The summed E-state index contributed by atoms with van der Waals surface area (Å²) < 4.78 is 40.4. The largest absolute Gasteiger partial charge is 0.480 e. The van der Waals surface area contributed by atoms with Gasteiger partial charge in [0.1, 0.15) is 6.04 Å². The summed E-state index contributed by atoms with van der Waals surface area (Å²) in [5, 5.41) is 17.3. The highest BCUT2D eigenvalue weighted by atomic mass is 19.4. The summed E-state index contributed by atoms with van der Waals surface area (Å²) in [4.78, 5) is 21.1. The number of halogens is 3. The summed E-state index contributed by atoms with van der Waals surface area (Å²) in [6.45, 7) is 6.62. The van der Waals surface area contributed by atoms with Gasteiger partial charge in [-0.1, -0.05) is 26.0 Å². The molecule has 4 N–H and O–H groups in total. The Morgan fingerprint density at radius 1 is 1.11 bits per heavy atom. The fourth-order valence-electron chi connectivity index (χ4n) is 2.54. The van der Waals surface area contributed by atoms with Crippen molar-refractivity contribution in [3.63, 3.8) is 0 Å². The van der Waals surface area contributed by atoms with Crippen LogP contribution in [0.15, 0.2) is 30.3 Å². The van der Waals surface area contributed by atoms with E-state index in [4.69, 9.17) is 15.9 Å². The number of hydrogen-bond acceptors (Lipinski definition) is 3. The molecule has 2 aromatic rings. The molecule has 1 atom stereocenters. The number of carbonyl (C=O) groups is 2. The average molecular weight is 400 g/mol. The zero-order chi connectivity index (χ0) is 21.8. The number of aryl methyl sites for hydroxylation is 1. The number of aromatic carboxylic acids is 1. The number of nitrogens with two attached hydrogens (primary N) is 1. The van der Waals surface area contributed by atoms with Gasteiger partial charge in [-0.3, -0.25) is 4.79 Å². The normalized spacial score (nSPS) is 12.3. The summed E-state index contributed by atoms with van der Waals surface area (Å²) in [6, 6.07) is 5.76. The number of aromatic nitrogens is 1. The second-order valence-corrected chi connectivity index (χ2v) is 6.55. The number of benzene rings is 1. The third-order valence-corrected chi connectivity index (χ3v) is 4.12. The lowest BCUT2D eigenvalue weighted by atomic mass is 10.1. The van der Waals surface area contributed by atoms with Crippen LogP contribution in [-0.4, -0.2) is 32.8 Å². The molecule has 28 heavy (non-hydrogen) atoms. The number of nitrogens with zero attached hydrogens (tertiary/aromatic N) is 1. The first-order valence-electron chi connectivity index (χ1n) is 8.36. The summed E-state index contributed by atoms with van der Waals surface area (Å²) in [5.41, 5.74) is 5.01. The maximum atomic E-state index is 13.0. The molecular formula is C19H23F3N2O4. The van der Waals surface area contributed by atoms with Crippen molar-refractivity contribution >= 4 is 11.9 Å². The minimum atomic E-state index is -4.50. The van der Waals surface area contributed by atoms with Gasteiger partial charge >= 0.3 is 18.1 Å². The molecule has 154 valence electrons. The van der Waals surface area contributed by atoms with E-state index in [1.165, 1.54) is 35.8 Å². The number of carboxylic acids is 2. The van der Waals surface area contributed by atoms with Crippen LogP contribution < -0.4 is 5.73 Å². The highest BCUT2D eigenvalue weighted by Crippen LogP contribution is 2.35. The van der Waals surface area contributed by atoms with Gasteiger partial charge in [-0.15, -0.1) is 0 Å². The zero-order valence-corrected chi connectivity index (χ0v) is 15.9. The fraction of sp³-hybridized carbons (Fsp3) is 0.368. The lowest BCUT2D eigenvalue weighted by Crippen LogP contribution is -2.34. The Morgan fingerprint density at radius 2 is 1.64 bits per heavy atom. The predicted molar refractivity (Wildman–Crippen MR) is 97.7 cm³/mol. The molecule has 0 saturated heterocycles. The van der Waals surface area contributed by atoms with Crippen LogP contribution in [0.5, 0.6) is 0 Å². The van der Waals surface area contributed by atoms with E-state index in [-0.39, 0.29) is 22.9 Å². The molecule has 0 spiro atoms. The maximum Gasteiger partial charge on any atom is 0.418 e. The third-order valence-electron chi connectivity index (χ3n) is 4.12. The van der Waals surface area contributed by atoms with Crippen molar-refractivity contribution < 1.29 is 33.0 Å². The van der Waals surface area contributed by atoms with Crippen molar-refractivity contribution in [3.8, 4) is 5.69 Å². The van der Waals surface area contributed by atoms with E-state index in [2.05, 4.69) is 0 Å². The molecule has 0 unspecified atom stereocenters. The van der Waals surface area contributed by atoms with E-state index in [1.807, 2.05) is 0 Å². The number of para-hydroxylation sites is 1. The maximum absolute atomic E-state index is 13.0. The van der Waals surface area contributed by atoms with E-state index in [0.717, 1.165) is 6.07 Å². The van der Waals surface area contributed by atoms with Crippen LogP contribution >= 0.6 is 0 Å². The predicted octanol–water partition coefficient (Wildman–Crippen LogP) is 3.87. The van der Waals surface area contributed by atoms with Gasteiger partial charge in [0.2, 0.25) is 0 Å². The van der Waals surface area contributed by atoms with E-state index in [1.54, 1.807) is 20.8 Å². The number of carboxylic acid groups (broad SMARTS) is 2. The average Bonchev–Trinajstić information content (AvgIpc) is 2.88. The topological polar surface area (TPSA) is 106 Å². The Balaban J connectivity index is 0.000000416. The molecule has 0 aliphatic heterocycles. The molecule has 0 radical (unpaired) electrons. The number of aliphatic carboxylic acids is 1. The van der Waals surface area contributed by atoms with Crippen molar-refractivity contribution in [3.05, 3.63) is 52.8 Å². The van der Waals surface area contributed by atoms with E-state index in [9.17, 15) is 22.8 Å². The Kier molecular flexibility index (Phi) is 7.40. The van der Waals surface area contributed by atoms with Crippen molar-refractivity contribution in [2.75, 3.05) is 0 Å². The second kappa shape index (κ2) is 8.92. The molecular weight excluding hydrogens is 377 g/mol. The molecule has 1 aromatic carbocycles. The molecule has 1 aromatic heterocycles. The molecule has 0 saturated carbocycles. The summed E-state index contributed by atoms with van der Waals surface area (Å²) in [6.07, 6.45) is -4.50. The van der Waals surface area contributed by atoms with Crippen LogP contribution in [-0.2, 0) is 11.0 Å². The van der Waals surface area contributed by atoms with Crippen LogP contribution in [0.3, 0.4) is 0 Å². The Morgan fingerprint density at radius 3 is 2.00 bits per heavy atom. The number of rotatable bonds is 4. The second-order valence-electron chi connectivity index (χ2n) is 6.55. The zero-order valence-electron chi connectivity index (χ0n) is 15.9. The van der Waals surface area contributed by atoms with Gasteiger partial charge in [0.05, 0.1) is 16.8 Å². The molecule has 0 fully saturated rings. The lowest BCUT2D eigenvalue weighted by Gasteiger charge is -2.16. The number of hydrogen-bond donors (Lipinski definition) is 3. The van der Waals surface area contributed by atoms with Crippen LogP contribution in [0.25, 0.3) is 5.69 Å². The quantitative estimate of drug-likeness (QED) is 0.723. The molecule has 0 bridgehead atoms. The summed E-state index contributed by atoms with van der Waals surface area (Å²) in [7, 11) is 0. The molecule has 0 aliphatic carbocycles. The van der Waals surface area contributed by atoms with E-state index < -0.39 is 29.7 Å². The minimum absolute atomic E-state index is 0.000484. The lowest BCUT2D eigenvalue weighted by molar-refractivity contribution is -0.139. The molecule has 0 amide bonds. The monoisotopic (exact) mass is 400 g/mol. The molecule has 0 aliphatic rings. The SMILES string of the molecule is CC(C)[C@H](N)C(=O)O.Cc1cc(C(=O)O)c(C)n1-c1ccccc1C(F)(F)F. The van der Waals surface area contributed by atoms with Crippen molar-refractivity contribution in [1.29, 1.82) is 0 Å². The standard InChI is InChI=1S/C14H12F3NO2.C5H11NO2/c1-8-7-10(13(19)20)9(2)18(8)12-6-4-3-5-11(12)14(15,16)17;1-3(2)4(6)5(7)8/h3-7H,1-2H3,(H,19,20);3-4H,6H2,1-2H3,(H,7,8)/t;4-/m.0/s1. The van der Waals surface area contributed by atoms with Crippen LogP contribution in [0.2, 0.25) is 0 Å². The third kappa shape index (κ3) is 5.35. The Hall–Kier alpha value is -2.81. The summed E-state index contributed by atoms with van der Waals surface area (Å²) in [5.74, 6) is -2.07. The van der Waals surface area contributed by atoms with Gasteiger partial charge in [-0.2, -0.15) is 13.2 Å². The Bertz CT molecular complexity index is 857. The molecule has 2 rings (SSSR count). The highest BCUT2D eigenvalue weighted by Gasteiger charge is 2.34. The minimum Gasteiger partial charge on any atom is -0.480 e. The van der Waals surface area contributed by atoms with Crippen molar-refractivity contribution in [2.24, 2.45) is 11.7 Å². The van der Waals surface area contributed by atoms with Gasteiger partial charge in [-0.05, 0) is 38.0 Å². The van der Waals surface area contributed by atoms with Gasteiger partial charge in [0, 0.05) is 11.4 Å². The molecule has 1 heterocycles. The summed E-state index contributed by atoms with van der Waals surface area (Å²) >= 11 is 0.